The Morgan fingerprint density at radius 1 is 1.16 bits per heavy atom. The summed E-state index contributed by atoms with van der Waals surface area (Å²) >= 11 is 5.80. The first-order valence-electron chi connectivity index (χ1n) is 11.3. The van der Waals surface area contributed by atoms with E-state index in [-0.39, 0.29) is 17.1 Å². The van der Waals surface area contributed by atoms with Crippen LogP contribution in [0.3, 0.4) is 0 Å². The lowest BCUT2D eigenvalue weighted by Gasteiger charge is -2.53. The van der Waals surface area contributed by atoms with Gasteiger partial charge in [-0.25, -0.2) is 0 Å². The molecule has 31 heavy (non-hydrogen) atoms. The first kappa shape index (κ1) is 20.6. The van der Waals surface area contributed by atoms with E-state index in [0.717, 1.165) is 37.7 Å². The van der Waals surface area contributed by atoms with Gasteiger partial charge in [-0.15, -0.1) is 6.42 Å². The van der Waals surface area contributed by atoms with E-state index in [1.807, 2.05) is 18.2 Å². The maximum absolute atomic E-state index is 12.1. The van der Waals surface area contributed by atoms with Crippen LogP contribution >= 0.6 is 11.6 Å². The quantitative estimate of drug-likeness (QED) is 0.597. The summed E-state index contributed by atoms with van der Waals surface area (Å²) in [6.45, 7) is 2.21. The fourth-order valence-electron chi connectivity index (χ4n) is 7.06. The van der Waals surface area contributed by atoms with Gasteiger partial charge in [0.1, 0.15) is 5.60 Å². The van der Waals surface area contributed by atoms with Crippen molar-refractivity contribution in [3.8, 4) is 23.6 Å². The smallest absolute Gasteiger partial charge is 0.156 e. The van der Waals surface area contributed by atoms with Crippen molar-refractivity contribution in [2.75, 3.05) is 0 Å². The molecule has 158 valence electrons. The summed E-state index contributed by atoms with van der Waals surface area (Å²) in [5.74, 6) is 6.90. The minimum absolute atomic E-state index is 0.187. The van der Waals surface area contributed by atoms with Crippen molar-refractivity contribution >= 4 is 17.4 Å². The molecule has 2 nitrogen and oxygen atoms in total. The molecule has 5 rings (SSSR count). The molecule has 0 unspecified atom stereocenters. The predicted octanol–water partition coefficient (Wildman–Crippen LogP) is 5.50. The van der Waals surface area contributed by atoms with E-state index in [0.29, 0.717) is 24.7 Å². The number of fused-ring (bicyclic) bond motifs is 4. The lowest BCUT2D eigenvalue weighted by molar-refractivity contribution is -0.114. The van der Waals surface area contributed by atoms with Crippen LogP contribution in [-0.4, -0.2) is 16.5 Å². The molecule has 0 aliphatic heterocycles. The second-order valence-corrected chi connectivity index (χ2v) is 10.1. The molecule has 0 heterocycles. The Bertz CT molecular complexity index is 1110. The maximum Gasteiger partial charge on any atom is 0.156 e. The van der Waals surface area contributed by atoms with Crippen LogP contribution in [0, 0.1) is 40.9 Å². The molecule has 2 fully saturated rings. The number of carbonyl (C=O) groups is 1. The van der Waals surface area contributed by atoms with Gasteiger partial charge < -0.3 is 5.11 Å². The summed E-state index contributed by atoms with van der Waals surface area (Å²) in [5.41, 5.74) is 4.86. The Labute approximate surface area is 189 Å². The van der Waals surface area contributed by atoms with Gasteiger partial charge in [-0.05, 0) is 96.9 Å². The first-order valence-corrected chi connectivity index (χ1v) is 11.7. The number of rotatable bonds is 1. The fourth-order valence-corrected chi connectivity index (χ4v) is 7.22. The van der Waals surface area contributed by atoms with Crippen molar-refractivity contribution in [3.05, 3.63) is 58.2 Å². The molecule has 0 aromatic heterocycles. The molecular formula is C28H27ClO2. The number of aliphatic hydroxyl groups is 1. The van der Waals surface area contributed by atoms with Crippen molar-refractivity contribution in [3.63, 3.8) is 0 Å². The second kappa shape index (κ2) is 7.41. The molecule has 0 radical (unpaired) electrons. The van der Waals surface area contributed by atoms with Crippen LogP contribution in [0.4, 0.5) is 0 Å². The molecular weight excluding hydrogens is 404 g/mol. The summed E-state index contributed by atoms with van der Waals surface area (Å²) in [4.78, 5) is 12.1. The summed E-state index contributed by atoms with van der Waals surface area (Å²) < 4.78 is 0. The van der Waals surface area contributed by atoms with E-state index in [9.17, 15) is 9.90 Å². The minimum atomic E-state index is -1.06. The second-order valence-electron chi connectivity index (χ2n) is 9.88. The number of allylic oxidation sites excluding steroid dienone is 4. The molecule has 1 aromatic carbocycles. The van der Waals surface area contributed by atoms with Gasteiger partial charge >= 0.3 is 0 Å². The van der Waals surface area contributed by atoms with Gasteiger partial charge in [-0.3, -0.25) is 4.79 Å². The molecule has 0 amide bonds. The van der Waals surface area contributed by atoms with E-state index in [1.54, 1.807) is 0 Å². The highest BCUT2D eigenvalue weighted by atomic mass is 35.5. The molecule has 5 atom stereocenters. The number of hydrogen-bond acceptors (Lipinski definition) is 2. The number of benzene rings is 1. The molecule has 2 saturated carbocycles. The third kappa shape index (κ3) is 3.04. The Kier molecular flexibility index (Phi) is 4.93. The molecule has 1 aromatic rings. The molecule has 1 N–H and O–H groups in total. The lowest BCUT2D eigenvalue weighted by atomic mass is 9.51. The average molecular weight is 431 g/mol. The van der Waals surface area contributed by atoms with Crippen molar-refractivity contribution in [1.82, 2.24) is 0 Å². The van der Waals surface area contributed by atoms with Crippen LogP contribution in [0.25, 0.3) is 0 Å². The van der Waals surface area contributed by atoms with Crippen LogP contribution in [0.5, 0.6) is 0 Å². The standard InChI is InChI=1S/C28H27ClO2/c1-3-18-4-6-19(7-5-18)24-17-27(2)25(12-13-28(27,31)14-15-29)23-10-8-20-16-21(30)9-11-22(20)26(23)24/h1,4-7,16,23-25,31H,8-13,17H2,2H3/t23-,24+,25-,27-,28+/m0/s1. The van der Waals surface area contributed by atoms with Crippen LogP contribution in [0.1, 0.15) is 68.9 Å². The SMILES string of the molecule is C#Cc1ccc([C@H]2C[C@@]3(C)[C@@H](CC[C@@]3(O)C#CCl)[C@@H]3CCC4=CC(=O)CCC4=C32)cc1. The van der Waals surface area contributed by atoms with Gasteiger partial charge in [0.2, 0.25) is 0 Å². The van der Waals surface area contributed by atoms with Gasteiger partial charge in [-0.2, -0.15) is 0 Å². The molecule has 0 saturated heterocycles. The molecule has 0 bridgehead atoms. The average Bonchev–Trinajstić information content (AvgIpc) is 3.03. The lowest BCUT2D eigenvalue weighted by Crippen LogP contribution is -2.51. The van der Waals surface area contributed by atoms with Crippen LogP contribution in [-0.2, 0) is 4.79 Å². The van der Waals surface area contributed by atoms with Gasteiger partial charge in [0.15, 0.2) is 5.78 Å². The van der Waals surface area contributed by atoms with Gasteiger partial charge in [0.25, 0.3) is 0 Å². The highest BCUT2D eigenvalue weighted by Crippen LogP contribution is 2.66. The van der Waals surface area contributed by atoms with E-state index in [1.165, 1.54) is 22.3 Å². The predicted molar refractivity (Wildman–Crippen MR) is 123 cm³/mol. The zero-order valence-electron chi connectivity index (χ0n) is 17.9. The highest BCUT2D eigenvalue weighted by molar-refractivity contribution is 6.30. The zero-order chi connectivity index (χ0) is 21.8. The molecule has 3 heteroatoms. The Morgan fingerprint density at radius 3 is 2.65 bits per heavy atom. The normalized spacial score (nSPS) is 36.4. The first-order chi connectivity index (χ1) is 14.9. The number of carbonyl (C=O) groups excluding carboxylic acids is 1. The third-order valence-electron chi connectivity index (χ3n) is 8.62. The number of halogens is 1. The minimum Gasteiger partial charge on any atom is -0.377 e. The maximum atomic E-state index is 12.1. The topological polar surface area (TPSA) is 37.3 Å². The van der Waals surface area contributed by atoms with Gasteiger partial charge in [-0.1, -0.05) is 36.5 Å². The van der Waals surface area contributed by atoms with Crippen molar-refractivity contribution in [2.45, 2.75) is 63.4 Å². The van der Waals surface area contributed by atoms with Gasteiger partial charge in [0, 0.05) is 28.7 Å². The van der Waals surface area contributed by atoms with E-state index in [2.05, 4.69) is 36.3 Å². The Hall–Kier alpha value is -2.26. The van der Waals surface area contributed by atoms with E-state index < -0.39 is 5.60 Å². The molecule has 4 aliphatic rings. The van der Waals surface area contributed by atoms with E-state index >= 15 is 0 Å². The Morgan fingerprint density at radius 2 is 1.94 bits per heavy atom. The van der Waals surface area contributed by atoms with E-state index in [4.69, 9.17) is 18.0 Å². The summed E-state index contributed by atoms with van der Waals surface area (Å²) in [7, 11) is 0. The fraction of sp³-hybridized carbons (Fsp3) is 0.464. The Balaban J connectivity index is 1.69. The summed E-state index contributed by atoms with van der Waals surface area (Å²) in [6.07, 6.45) is 13.3. The van der Waals surface area contributed by atoms with Gasteiger partial charge in [0.05, 0.1) is 0 Å². The van der Waals surface area contributed by atoms with Crippen molar-refractivity contribution in [1.29, 1.82) is 0 Å². The molecule has 4 aliphatic carbocycles. The zero-order valence-corrected chi connectivity index (χ0v) is 18.6. The number of hydrogen-bond donors (Lipinski definition) is 1. The summed E-state index contributed by atoms with van der Waals surface area (Å²) in [6, 6.07) is 8.30. The van der Waals surface area contributed by atoms with Crippen LogP contribution in [0.2, 0.25) is 0 Å². The van der Waals surface area contributed by atoms with Crippen molar-refractivity contribution < 1.29 is 9.90 Å². The summed E-state index contributed by atoms with van der Waals surface area (Å²) in [5, 5.41) is 14.1. The third-order valence-corrected chi connectivity index (χ3v) is 8.71. The largest absolute Gasteiger partial charge is 0.377 e. The molecule has 0 spiro atoms. The van der Waals surface area contributed by atoms with Crippen LogP contribution in [0.15, 0.2) is 47.1 Å². The number of terminal acetylenes is 1. The highest BCUT2D eigenvalue weighted by Gasteiger charge is 2.62. The number of ketones is 1. The van der Waals surface area contributed by atoms with Crippen LogP contribution < -0.4 is 0 Å². The monoisotopic (exact) mass is 430 g/mol. The van der Waals surface area contributed by atoms with Crippen molar-refractivity contribution in [2.24, 2.45) is 17.3 Å².